The molecule has 0 spiro atoms. The van der Waals surface area contributed by atoms with E-state index in [1.165, 1.54) is 13.8 Å². The number of H-pyrrole nitrogens is 1. The van der Waals surface area contributed by atoms with Gasteiger partial charge in [-0.1, -0.05) is 0 Å². The topological polar surface area (TPSA) is 123 Å². The Balaban J connectivity index is 2.88. The summed E-state index contributed by atoms with van der Waals surface area (Å²) in [7, 11) is 0. The van der Waals surface area contributed by atoms with E-state index in [1.54, 1.807) is 0 Å². The van der Waals surface area contributed by atoms with Gasteiger partial charge in [0.2, 0.25) is 9.73 Å². The number of nitrogens with one attached hydrogen (secondary N) is 1. The molecule has 2 aromatic rings. The Labute approximate surface area is 87.4 Å². The van der Waals surface area contributed by atoms with Gasteiger partial charge in [0.05, 0.1) is 0 Å². The Morgan fingerprint density at radius 1 is 1.31 bits per heavy atom. The Hall–Kier alpha value is -2.52. The maximum atomic E-state index is 10.7. The molecule has 16 heavy (non-hydrogen) atoms. The van der Waals surface area contributed by atoms with E-state index in [9.17, 15) is 20.2 Å². The van der Waals surface area contributed by atoms with Gasteiger partial charge >= 0.3 is 17.3 Å². The number of aromatic amines is 1. The van der Waals surface area contributed by atoms with Gasteiger partial charge in [-0.3, -0.25) is 0 Å². The SMILES string of the molecule is Cc1nn2c([N+](=O)[O-])c(C)[nH][n+]2c1[N+](=O)[O-]. The highest BCUT2D eigenvalue weighted by molar-refractivity contribution is 5.24. The first kappa shape index (κ1) is 10.0. The third-order valence-electron chi connectivity index (χ3n) is 2.10. The highest BCUT2D eigenvalue weighted by Gasteiger charge is 2.41. The molecule has 10 heteroatoms. The molecule has 0 bridgehead atoms. The summed E-state index contributed by atoms with van der Waals surface area (Å²) in [5.74, 6) is -0.646. The highest BCUT2D eigenvalue weighted by Crippen LogP contribution is 2.16. The van der Waals surface area contributed by atoms with Crippen LogP contribution in [0.15, 0.2) is 0 Å². The van der Waals surface area contributed by atoms with E-state index >= 15 is 0 Å². The van der Waals surface area contributed by atoms with Crippen LogP contribution in [0, 0.1) is 34.1 Å². The summed E-state index contributed by atoms with van der Waals surface area (Å²) in [6.45, 7) is 2.85. The zero-order valence-electron chi connectivity index (χ0n) is 8.37. The lowest BCUT2D eigenvalue weighted by Crippen LogP contribution is -2.31. The molecule has 1 N–H and O–H groups in total. The van der Waals surface area contributed by atoms with Gasteiger partial charge in [0.1, 0.15) is 4.63 Å². The summed E-state index contributed by atoms with van der Waals surface area (Å²) < 4.78 is 1.80. The van der Waals surface area contributed by atoms with Crippen LogP contribution in [0.3, 0.4) is 0 Å². The highest BCUT2D eigenvalue weighted by atomic mass is 16.6. The van der Waals surface area contributed by atoms with E-state index in [-0.39, 0.29) is 23.0 Å². The molecule has 0 aliphatic carbocycles. The van der Waals surface area contributed by atoms with Crippen molar-refractivity contribution in [2.45, 2.75) is 13.8 Å². The van der Waals surface area contributed by atoms with Crippen LogP contribution in [-0.4, -0.2) is 24.7 Å². The van der Waals surface area contributed by atoms with Crippen LogP contribution in [0.2, 0.25) is 0 Å². The zero-order chi connectivity index (χ0) is 12.0. The average Bonchev–Trinajstić information content (AvgIpc) is 2.55. The van der Waals surface area contributed by atoms with E-state index in [2.05, 4.69) is 10.2 Å². The van der Waals surface area contributed by atoms with Crippen LogP contribution in [0.1, 0.15) is 11.4 Å². The van der Waals surface area contributed by atoms with Gasteiger partial charge < -0.3 is 20.2 Å². The molecule has 0 aromatic carbocycles. The second-order valence-corrected chi connectivity index (χ2v) is 3.18. The van der Waals surface area contributed by atoms with Gasteiger partial charge in [-0.15, -0.1) is 0 Å². The second-order valence-electron chi connectivity index (χ2n) is 3.18. The molecule has 0 saturated carbocycles. The summed E-state index contributed by atoms with van der Waals surface area (Å²) in [6.07, 6.45) is 0. The van der Waals surface area contributed by atoms with Crippen molar-refractivity contribution in [2.24, 2.45) is 0 Å². The molecule has 0 atom stereocenters. The predicted molar refractivity (Wildman–Crippen MR) is 48.0 cm³/mol. The van der Waals surface area contributed by atoms with Crippen molar-refractivity contribution in [3.8, 4) is 0 Å². The van der Waals surface area contributed by atoms with Crippen LogP contribution in [0.5, 0.6) is 0 Å². The lowest BCUT2D eigenvalue weighted by molar-refractivity contribution is -0.720. The molecule has 0 amide bonds. The van der Waals surface area contributed by atoms with E-state index < -0.39 is 9.85 Å². The van der Waals surface area contributed by atoms with Crippen molar-refractivity contribution in [1.29, 1.82) is 0 Å². The van der Waals surface area contributed by atoms with E-state index in [0.29, 0.717) is 0 Å². The molecule has 2 heterocycles. The number of nitrogens with zero attached hydrogens (tertiary/aromatic N) is 5. The summed E-state index contributed by atoms with van der Waals surface area (Å²) in [4.78, 5) is 20.2. The summed E-state index contributed by atoms with van der Waals surface area (Å²) in [5, 5.41) is 27.7. The number of fused-ring (bicyclic) bond motifs is 1. The largest absolute Gasteiger partial charge is 0.513 e. The maximum Gasteiger partial charge on any atom is 0.513 e. The number of hydrogen-bond acceptors (Lipinski definition) is 5. The normalized spacial score (nSPS) is 10.9. The van der Waals surface area contributed by atoms with Crippen molar-refractivity contribution >= 4 is 11.6 Å². The minimum absolute atomic E-state index is 0.101. The van der Waals surface area contributed by atoms with Crippen LogP contribution >= 0.6 is 0 Å². The van der Waals surface area contributed by atoms with Gasteiger partial charge in [-0.2, -0.15) is 5.10 Å². The van der Waals surface area contributed by atoms with E-state index in [0.717, 1.165) is 9.26 Å². The van der Waals surface area contributed by atoms with Crippen molar-refractivity contribution in [2.75, 3.05) is 0 Å². The number of aromatic nitrogens is 4. The number of nitro groups is 2. The maximum absolute atomic E-state index is 10.7. The minimum Gasteiger partial charge on any atom is -0.358 e. The smallest absolute Gasteiger partial charge is 0.358 e. The summed E-state index contributed by atoms with van der Waals surface area (Å²) in [6, 6.07) is 0. The summed E-state index contributed by atoms with van der Waals surface area (Å²) >= 11 is 0. The lowest BCUT2D eigenvalue weighted by Gasteiger charge is -1.83. The fourth-order valence-corrected chi connectivity index (χ4v) is 1.50. The van der Waals surface area contributed by atoms with Crippen molar-refractivity contribution in [3.63, 3.8) is 0 Å². The second kappa shape index (κ2) is 2.98. The lowest BCUT2D eigenvalue weighted by atomic mass is 10.5. The molecular formula is C6H7N6O4+. The number of rotatable bonds is 2. The molecule has 0 unspecified atom stereocenters. The standard InChI is InChI=1S/C6H7N6O4/c1-3-5(11(13)14)9-8-4(2)6(12(15)16)10(9)7-3/h7H,1-2H3/q+1. The van der Waals surface area contributed by atoms with Crippen molar-refractivity contribution in [1.82, 2.24) is 14.8 Å². The molecule has 0 radical (unpaired) electrons. The zero-order valence-corrected chi connectivity index (χ0v) is 8.37. The first-order valence-electron chi connectivity index (χ1n) is 4.22. The number of aryl methyl sites for hydroxylation is 2. The first-order chi connectivity index (χ1) is 7.43. The molecule has 84 valence electrons. The van der Waals surface area contributed by atoms with Gasteiger partial charge in [0.25, 0.3) is 0 Å². The minimum atomic E-state index is -0.651. The molecule has 2 aromatic heterocycles. The van der Waals surface area contributed by atoms with E-state index in [1.807, 2.05) is 0 Å². The van der Waals surface area contributed by atoms with Crippen LogP contribution in [-0.2, 0) is 0 Å². The van der Waals surface area contributed by atoms with Crippen LogP contribution < -0.4 is 4.63 Å². The fourth-order valence-electron chi connectivity index (χ4n) is 1.50. The monoisotopic (exact) mass is 227 g/mol. The Morgan fingerprint density at radius 2 is 1.94 bits per heavy atom. The van der Waals surface area contributed by atoms with E-state index in [4.69, 9.17) is 0 Å². The summed E-state index contributed by atoms with van der Waals surface area (Å²) in [5.41, 5.74) is 0.296. The predicted octanol–water partition coefficient (Wildman–Crippen LogP) is -0.319. The molecule has 0 aliphatic rings. The quantitative estimate of drug-likeness (QED) is 0.427. The first-order valence-corrected chi connectivity index (χ1v) is 4.22. The molecule has 2 rings (SSSR count). The molecule has 0 fully saturated rings. The van der Waals surface area contributed by atoms with Gasteiger partial charge in [0.15, 0.2) is 5.69 Å². The van der Waals surface area contributed by atoms with Crippen molar-refractivity contribution in [3.05, 3.63) is 31.6 Å². The fraction of sp³-hybridized carbons (Fsp3) is 0.333. The van der Waals surface area contributed by atoms with Crippen molar-refractivity contribution < 1.29 is 14.5 Å². The van der Waals surface area contributed by atoms with Crippen LogP contribution in [0.4, 0.5) is 11.6 Å². The van der Waals surface area contributed by atoms with Gasteiger partial charge in [-0.05, 0) is 11.8 Å². The Kier molecular flexibility index (Phi) is 1.87. The third-order valence-corrected chi connectivity index (χ3v) is 2.10. The molecule has 0 aliphatic heterocycles. The average molecular weight is 227 g/mol. The Morgan fingerprint density at radius 3 is 2.44 bits per heavy atom. The molecular weight excluding hydrogens is 220 g/mol. The molecule has 10 nitrogen and oxygen atoms in total. The number of hydrogen-bond donors (Lipinski definition) is 1. The Bertz CT molecular complexity index is 556. The third kappa shape index (κ3) is 1.12. The van der Waals surface area contributed by atoms with Gasteiger partial charge in [-0.25, -0.2) is 0 Å². The van der Waals surface area contributed by atoms with Crippen LogP contribution in [0.25, 0.3) is 0 Å². The molecule has 0 saturated heterocycles. The van der Waals surface area contributed by atoms with Gasteiger partial charge in [0, 0.05) is 11.8 Å².